The molecule has 2 aliphatic rings. The van der Waals surface area contributed by atoms with E-state index in [1.165, 1.54) is 11.3 Å². The highest BCUT2D eigenvalue weighted by molar-refractivity contribution is 14.0. The molecule has 0 radical (unpaired) electrons. The molecule has 1 saturated heterocycles. The van der Waals surface area contributed by atoms with Gasteiger partial charge in [-0.1, -0.05) is 24.3 Å². The molecule has 0 saturated carbocycles. The van der Waals surface area contributed by atoms with Gasteiger partial charge in [0.15, 0.2) is 5.96 Å². The third-order valence-electron chi connectivity index (χ3n) is 5.18. The zero-order valence-corrected chi connectivity index (χ0v) is 19.3. The number of nitrogens with one attached hydrogen (secondary N) is 2. The average Bonchev–Trinajstić information content (AvgIpc) is 3.22. The van der Waals surface area contributed by atoms with Gasteiger partial charge < -0.3 is 15.5 Å². The van der Waals surface area contributed by atoms with E-state index < -0.39 is 6.43 Å². The Kier molecular flexibility index (Phi) is 10.1. The Morgan fingerprint density at radius 2 is 1.93 bits per heavy atom. The van der Waals surface area contributed by atoms with Crippen LogP contribution in [-0.2, 0) is 6.54 Å². The molecule has 2 N–H and O–H groups in total. The number of rotatable bonds is 7. The van der Waals surface area contributed by atoms with Crippen LogP contribution >= 0.6 is 24.0 Å². The molecule has 0 bridgehead atoms. The van der Waals surface area contributed by atoms with E-state index >= 15 is 0 Å². The minimum absolute atomic E-state index is 0. The first-order valence-electron chi connectivity index (χ1n) is 10.2. The Morgan fingerprint density at radius 1 is 1.21 bits per heavy atom. The number of halogens is 3. The van der Waals surface area contributed by atoms with E-state index in [4.69, 9.17) is 4.99 Å². The van der Waals surface area contributed by atoms with Gasteiger partial charge in [-0.2, -0.15) is 0 Å². The van der Waals surface area contributed by atoms with E-state index in [1.807, 2.05) is 11.8 Å². The lowest BCUT2D eigenvalue weighted by Gasteiger charge is -2.32. The fraction of sp³-hybridized carbons (Fsp3) is 0.571. The van der Waals surface area contributed by atoms with Crippen molar-refractivity contribution in [3.05, 3.63) is 42.0 Å². The molecule has 1 fully saturated rings. The summed E-state index contributed by atoms with van der Waals surface area (Å²) in [6, 6.07) is 8.79. The summed E-state index contributed by atoms with van der Waals surface area (Å²) in [5.41, 5.74) is 2.40. The van der Waals surface area contributed by atoms with Crippen LogP contribution in [0.1, 0.15) is 25.3 Å². The van der Waals surface area contributed by atoms with Crippen LogP contribution < -0.4 is 15.5 Å². The largest absolute Gasteiger partial charge is 0.364 e. The van der Waals surface area contributed by atoms with E-state index in [1.54, 1.807) is 0 Å². The van der Waals surface area contributed by atoms with Gasteiger partial charge in [-0.15, -0.1) is 24.0 Å². The van der Waals surface area contributed by atoms with Crippen molar-refractivity contribution in [1.29, 1.82) is 0 Å². The lowest BCUT2D eigenvalue weighted by molar-refractivity contribution is 0.0744. The minimum atomic E-state index is -2.25. The molecule has 2 aliphatic heterocycles. The maximum atomic E-state index is 12.5. The van der Waals surface area contributed by atoms with Gasteiger partial charge in [0, 0.05) is 44.5 Å². The summed E-state index contributed by atoms with van der Waals surface area (Å²) in [7, 11) is 0. The predicted octanol–water partition coefficient (Wildman–Crippen LogP) is 3.47. The summed E-state index contributed by atoms with van der Waals surface area (Å²) in [4.78, 5) is 8.90. The predicted molar refractivity (Wildman–Crippen MR) is 127 cm³/mol. The molecule has 1 aromatic carbocycles. The third kappa shape index (κ3) is 7.73. The number of guanidine groups is 1. The monoisotopic (exact) mass is 519 g/mol. The quantitative estimate of drug-likeness (QED) is 0.251. The van der Waals surface area contributed by atoms with Crippen molar-refractivity contribution in [3.63, 3.8) is 0 Å². The highest BCUT2D eigenvalue weighted by Gasteiger charge is 2.22. The number of aliphatic imine (C=N–C) groups is 1. The van der Waals surface area contributed by atoms with Gasteiger partial charge in [0.2, 0.25) is 0 Å². The summed E-state index contributed by atoms with van der Waals surface area (Å²) in [6.45, 7) is 6.64. The number of likely N-dealkylation sites (tertiary alicyclic amines) is 1. The van der Waals surface area contributed by atoms with Crippen molar-refractivity contribution in [2.45, 2.75) is 38.8 Å². The van der Waals surface area contributed by atoms with Crippen molar-refractivity contribution in [1.82, 2.24) is 15.5 Å². The Bertz CT molecular complexity index is 667. The van der Waals surface area contributed by atoms with Crippen LogP contribution in [0.3, 0.4) is 0 Å². The van der Waals surface area contributed by atoms with E-state index in [2.05, 4.69) is 52.0 Å². The van der Waals surface area contributed by atoms with Gasteiger partial charge in [0.05, 0.1) is 13.1 Å². The zero-order valence-electron chi connectivity index (χ0n) is 17.0. The van der Waals surface area contributed by atoms with Crippen LogP contribution in [0.5, 0.6) is 0 Å². The topological polar surface area (TPSA) is 42.9 Å². The summed E-state index contributed by atoms with van der Waals surface area (Å²) in [5, 5.41) is 6.77. The Hall–Kier alpha value is -1.42. The second kappa shape index (κ2) is 12.3. The van der Waals surface area contributed by atoms with Crippen molar-refractivity contribution in [2.24, 2.45) is 4.99 Å². The van der Waals surface area contributed by atoms with E-state index in [0.29, 0.717) is 19.6 Å². The molecule has 162 valence electrons. The van der Waals surface area contributed by atoms with Crippen LogP contribution in [0.25, 0.3) is 0 Å². The van der Waals surface area contributed by atoms with E-state index in [0.717, 1.165) is 38.4 Å². The smallest absolute Gasteiger partial charge is 0.251 e. The van der Waals surface area contributed by atoms with E-state index in [-0.39, 0.29) is 36.6 Å². The molecule has 3 rings (SSSR count). The van der Waals surface area contributed by atoms with Gasteiger partial charge in [-0.25, -0.2) is 13.8 Å². The first-order valence-corrected chi connectivity index (χ1v) is 10.2. The highest BCUT2D eigenvalue weighted by atomic mass is 127. The van der Waals surface area contributed by atoms with Gasteiger partial charge in [-0.3, -0.25) is 4.90 Å². The van der Waals surface area contributed by atoms with Crippen LogP contribution in [-0.4, -0.2) is 62.6 Å². The maximum Gasteiger partial charge on any atom is 0.251 e. The normalized spacial score (nSPS) is 18.2. The van der Waals surface area contributed by atoms with Crippen LogP contribution in [0.15, 0.2) is 41.4 Å². The van der Waals surface area contributed by atoms with Crippen molar-refractivity contribution in [3.8, 4) is 0 Å². The molecule has 29 heavy (non-hydrogen) atoms. The fourth-order valence-electron chi connectivity index (χ4n) is 3.68. The lowest BCUT2D eigenvalue weighted by Crippen LogP contribution is -2.49. The second-order valence-corrected chi connectivity index (χ2v) is 7.35. The zero-order chi connectivity index (χ0) is 19.8. The summed E-state index contributed by atoms with van der Waals surface area (Å²) >= 11 is 0. The fourth-order valence-corrected chi connectivity index (χ4v) is 3.68. The number of hydrogen-bond acceptors (Lipinski definition) is 3. The first kappa shape index (κ1) is 23.9. The second-order valence-electron chi connectivity index (χ2n) is 7.35. The molecule has 0 atom stereocenters. The average molecular weight is 519 g/mol. The molecule has 0 aliphatic carbocycles. The van der Waals surface area contributed by atoms with Crippen molar-refractivity contribution in [2.75, 3.05) is 44.2 Å². The molecule has 0 amide bonds. The SMILES string of the molecule is CCNC(=NCc1cccc(N2CC=CC2)c1)NC1CCN(CC(F)F)CC1.I. The van der Waals surface area contributed by atoms with E-state index in [9.17, 15) is 8.78 Å². The van der Waals surface area contributed by atoms with Gasteiger partial charge >= 0.3 is 0 Å². The van der Waals surface area contributed by atoms with Crippen LogP contribution in [0, 0.1) is 0 Å². The number of alkyl halides is 2. The molecule has 2 heterocycles. The first-order chi connectivity index (χ1) is 13.6. The number of hydrogen-bond donors (Lipinski definition) is 2. The number of piperidine rings is 1. The number of anilines is 1. The number of benzene rings is 1. The van der Waals surface area contributed by atoms with Crippen LogP contribution in [0.2, 0.25) is 0 Å². The minimum Gasteiger partial charge on any atom is -0.364 e. The standard InChI is InChI=1S/C21H31F2N5.HI/c1-2-24-21(26-18-8-12-27(13-9-18)16-20(22)23)25-15-17-6-5-7-19(14-17)28-10-3-4-11-28;/h3-7,14,18,20H,2,8-13,15-16H2,1H3,(H2,24,25,26);1H. The molecular formula is C21H32F2IN5. The van der Waals surface area contributed by atoms with Gasteiger partial charge in [0.1, 0.15) is 0 Å². The molecular weight excluding hydrogens is 487 g/mol. The molecule has 1 aromatic rings. The summed E-state index contributed by atoms with van der Waals surface area (Å²) in [5.74, 6) is 0.794. The molecule has 5 nitrogen and oxygen atoms in total. The molecule has 0 spiro atoms. The summed E-state index contributed by atoms with van der Waals surface area (Å²) in [6.07, 6.45) is 3.83. The summed E-state index contributed by atoms with van der Waals surface area (Å²) < 4.78 is 25.0. The molecule has 8 heteroatoms. The van der Waals surface area contributed by atoms with Crippen molar-refractivity contribution < 1.29 is 8.78 Å². The Morgan fingerprint density at radius 3 is 2.59 bits per heavy atom. The van der Waals surface area contributed by atoms with Gasteiger partial charge in [-0.05, 0) is 37.5 Å². The number of nitrogens with zero attached hydrogens (tertiary/aromatic N) is 3. The van der Waals surface area contributed by atoms with Gasteiger partial charge in [0.25, 0.3) is 6.43 Å². The molecule has 0 aromatic heterocycles. The third-order valence-corrected chi connectivity index (χ3v) is 5.18. The lowest BCUT2D eigenvalue weighted by atomic mass is 10.1. The Labute approximate surface area is 189 Å². The van der Waals surface area contributed by atoms with Crippen molar-refractivity contribution >= 4 is 35.6 Å². The highest BCUT2D eigenvalue weighted by Crippen LogP contribution is 2.19. The Balaban J connectivity index is 0.00000300. The van der Waals surface area contributed by atoms with Crippen LogP contribution in [0.4, 0.5) is 14.5 Å². The molecule has 0 unspecified atom stereocenters. The maximum absolute atomic E-state index is 12.5.